The summed E-state index contributed by atoms with van der Waals surface area (Å²) in [4.78, 5) is 34.0. The molecule has 0 atom stereocenters. The molecule has 2 aliphatic rings. The summed E-state index contributed by atoms with van der Waals surface area (Å²) < 4.78 is 7.09. The van der Waals surface area contributed by atoms with E-state index in [1.54, 1.807) is 11.7 Å². The Morgan fingerprint density at radius 2 is 2.07 bits per heavy atom. The van der Waals surface area contributed by atoms with Crippen LogP contribution in [0.25, 0.3) is 10.2 Å². The Hall–Kier alpha value is -2.67. The Morgan fingerprint density at radius 3 is 2.89 bits per heavy atom. The largest absolute Gasteiger partial charge is 0.497 e. The maximum absolute atomic E-state index is 13.3. The number of carbonyl (C=O) groups is 1. The number of rotatable bonds is 2. The Labute approximate surface area is 166 Å². The Morgan fingerprint density at radius 1 is 1.21 bits per heavy atom. The number of methoxy groups -OCH3 is 1. The van der Waals surface area contributed by atoms with Gasteiger partial charge >= 0.3 is 0 Å². The predicted octanol–water partition coefficient (Wildman–Crippen LogP) is 2.92. The van der Waals surface area contributed by atoms with Crippen LogP contribution in [0.2, 0.25) is 0 Å². The Kier molecular flexibility index (Phi) is 4.01. The number of carbonyl (C=O) groups excluding carboxylic acids is 1. The van der Waals surface area contributed by atoms with Crippen LogP contribution in [-0.4, -0.2) is 34.0 Å². The Bertz CT molecular complexity index is 1180. The summed E-state index contributed by atoms with van der Waals surface area (Å²) in [5, 5.41) is 0.609. The second-order valence-electron chi connectivity index (χ2n) is 7.44. The molecule has 0 bridgehead atoms. The van der Waals surface area contributed by atoms with Crippen LogP contribution in [0.5, 0.6) is 5.75 Å². The number of nitrogens with zero attached hydrogens (tertiary/aromatic N) is 3. The van der Waals surface area contributed by atoms with E-state index in [2.05, 4.69) is 11.1 Å². The summed E-state index contributed by atoms with van der Waals surface area (Å²) in [7, 11) is 1.65. The molecule has 0 radical (unpaired) electrons. The topological polar surface area (TPSA) is 64.4 Å². The molecule has 0 fully saturated rings. The van der Waals surface area contributed by atoms with Crippen molar-refractivity contribution in [2.24, 2.45) is 0 Å². The lowest BCUT2D eigenvalue weighted by Gasteiger charge is -2.29. The van der Waals surface area contributed by atoms with E-state index >= 15 is 0 Å². The number of ether oxygens (including phenoxy) is 1. The smallest absolute Gasteiger partial charge is 0.264 e. The molecule has 0 spiro atoms. The third-order valence-corrected chi connectivity index (χ3v) is 6.99. The molecule has 5 rings (SSSR count). The second-order valence-corrected chi connectivity index (χ2v) is 8.44. The quantitative estimate of drug-likeness (QED) is 0.669. The number of aromatic nitrogens is 2. The van der Waals surface area contributed by atoms with Gasteiger partial charge in [-0.25, -0.2) is 4.98 Å². The molecule has 1 aromatic carbocycles. The van der Waals surface area contributed by atoms with E-state index in [-0.39, 0.29) is 11.5 Å². The number of aryl methyl sites for hydroxylation is 2. The molecule has 2 aromatic heterocycles. The van der Waals surface area contributed by atoms with Crippen LogP contribution in [-0.2, 0) is 25.9 Å². The number of thiophene rings is 1. The highest BCUT2D eigenvalue weighted by Crippen LogP contribution is 2.31. The Balaban J connectivity index is 1.52. The summed E-state index contributed by atoms with van der Waals surface area (Å²) in [5.74, 6) is 1.63. The van der Waals surface area contributed by atoms with Crippen LogP contribution in [0, 0.1) is 6.92 Å². The number of amides is 1. The molecular formula is C21H21N3O3S. The lowest BCUT2D eigenvalue weighted by Crippen LogP contribution is -2.35. The second kappa shape index (κ2) is 6.44. The van der Waals surface area contributed by atoms with E-state index in [1.165, 1.54) is 16.9 Å². The number of fused-ring (bicyclic) bond motifs is 3. The highest BCUT2D eigenvalue weighted by molar-refractivity contribution is 7.20. The third kappa shape index (κ3) is 2.57. The fourth-order valence-corrected chi connectivity index (χ4v) is 5.42. The first-order valence-corrected chi connectivity index (χ1v) is 10.4. The summed E-state index contributed by atoms with van der Waals surface area (Å²) in [6, 6.07) is 6.04. The van der Waals surface area contributed by atoms with Crippen molar-refractivity contribution >= 4 is 27.5 Å². The van der Waals surface area contributed by atoms with Gasteiger partial charge in [-0.05, 0) is 48.6 Å². The molecule has 0 unspecified atom stereocenters. The van der Waals surface area contributed by atoms with Gasteiger partial charge in [0.2, 0.25) is 0 Å². The molecule has 3 aromatic rings. The lowest BCUT2D eigenvalue weighted by molar-refractivity contribution is 0.0739. The minimum absolute atomic E-state index is 0.000902. The monoisotopic (exact) mass is 395 g/mol. The number of hydrogen-bond acceptors (Lipinski definition) is 5. The molecule has 0 aliphatic carbocycles. The van der Waals surface area contributed by atoms with Crippen LogP contribution >= 0.6 is 11.3 Å². The fourth-order valence-electron chi connectivity index (χ4n) is 4.26. The number of benzene rings is 1. The zero-order valence-corrected chi connectivity index (χ0v) is 16.8. The summed E-state index contributed by atoms with van der Waals surface area (Å²) in [6.45, 7) is 3.83. The normalized spacial score (nSPS) is 15.6. The SMILES string of the molecule is COc1ccc2c(c1)CN(C(=O)c1sc3nc4n(c(=O)c3c1C)CCC4)CC2. The number of hydrogen-bond donors (Lipinski definition) is 0. The van der Waals surface area contributed by atoms with Gasteiger partial charge in [-0.15, -0.1) is 11.3 Å². The fraction of sp³-hybridized carbons (Fsp3) is 0.381. The average molecular weight is 395 g/mol. The van der Waals surface area contributed by atoms with Crippen LogP contribution in [0.3, 0.4) is 0 Å². The van der Waals surface area contributed by atoms with Crippen molar-refractivity contribution in [3.8, 4) is 5.75 Å². The van der Waals surface area contributed by atoms with Gasteiger partial charge in [0.25, 0.3) is 11.5 Å². The zero-order valence-electron chi connectivity index (χ0n) is 15.9. The summed E-state index contributed by atoms with van der Waals surface area (Å²) in [6.07, 6.45) is 2.61. The van der Waals surface area contributed by atoms with Gasteiger partial charge in [0.15, 0.2) is 0 Å². The molecular weight excluding hydrogens is 374 g/mol. The van der Waals surface area contributed by atoms with Crippen molar-refractivity contribution in [2.45, 2.75) is 39.3 Å². The molecule has 1 amide bonds. The van der Waals surface area contributed by atoms with Gasteiger partial charge in [-0.3, -0.25) is 14.2 Å². The predicted molar refractivity (Wildman–Crippen MR) is 108 cm³/mol. The first kappa shape index (κ1) is 17.4. The van der Waals surface area contributed by atoms with Gasteiger partial charge in [-0.2, -0.15) is 0 Å². The van der Waals surface area contributed by atoms with Crippen LogP contribution < -0.4 is 10.3 Å². The molecule has 6 nitrogen and oxygen atoms in total. The van der Waals surface area contributed by atoms with Crippen molar-refractivity contribution in [3.05, 3.63) is 55.9 Å². The minimum atomic E-state index is -0.0153. The van der Waals surface area contributed by atoms with Gasteiger partial charge in [0.1, 0.15) is 16.4 Å². The van der Waals surface area contributed by atoms with E-state index in [0.29, 0.717) is 28.2 Å². The molecule has 4 heterocycles. The van der Waals surface area contributed by atoms with Crippen LogP contribution in [0.1, 0.15) is 38.6 Å². The van der Waals surface area contributed by atoms with Crippen molar-refractivity contribution in [1.29, 1.82) is 0 Å². The van der Waals surface area contributed by atoms with E-state index in [1.807, 2.05) is 24.0 Å². The lowest BCUT2D eigenvalue weighted by atomic mass is 9.99. The third-order valence-electron chi connectivity index (χ3n) is 5.82. The van der Waals surface area contributed by atoms with E-state index in [4.69, 9.17) is 4.74 Å². The first-order valence-electron chi connectivity index (χ1n) is 9.54. The van der Waals surface area contributed by atoms with E-state index in [9.17, 15) is 9.59 Å². The molecule has 144 valence electrons. The van der Waals surface area contributed by atoms with Crippen molar-refractivity contribution in [1.82, 2.24) is 14.5 Å². The standard InChI is InChI=1S/C21H21N3O3S/c1-12-17-19(22-16-4-3-8-24(16)20(17)25)28-18(12)21(26)23-9-7-13-5-6-15(27-2)10-14(13)11-23/h5-6,10H,3-4,7-9,11H2,1-2H3. The van der Waals surface area contributed by atoms with Crippen molar-refractivity contribution in [3.63, 3.8) is 0 Å². The first-order chi connectivity index (χ1) is 13.6. The highest BCUT2D eigenvalue weighted by Gasteiger charge is 2.28. The molecule has 0 N–H and O–H groups in total. The van der Waals surface area contributed by atoms with E-state index < -0.39 is 0 Å². The van der Waals surface area contributed by atoms with E-state index in [0.717, 1.165) is 48.5 Å². The van der Waals surface area contributed by atoms with Gasteiger partial charge in [-0.1, -0.05) is 6.07 Å². The maximum atomic E-state index is 13.3. The van der Waals surface area contributed by atoms with Gasteiger partial charge in [0.05, 0.1) is 17.4 Å². The van der Waals surface area contributed by atoms with Gasteiger partial charge in [0, 0.05) is 26.1 Å². The molecule has 2 aliphatic heterocycles. The molecule has 7 heteroatoms. The van der Waals surface area contributed by atoms with Crippen LogP contribution in [0.4, 0.5) is 0 Å². The summed E-state index contributed by atoms with van der Waals surface area (Å²) >= 11 is 1.35. The maximum Gasteiger partial charge on any atom is 0.264 e. The molecule has 28 heavy (non-hydrogen) atoms. The average Bonchev–Trinajstić information content (AvgIpc) is 3.31. The van der Waals surface area contributed by atoms with Gasteiger partial charge < -0.3 is 9.64 Å². The molecule has 0 saturated heterocycles. The van der Waals surface area contributed by atoms with Crippen molar-refractivity contribution in [2.75, 3.05) is 13.7 Å². The molecule has 0 saturated carbocycles. The van der Waals surface area contributed by atoms with Crippen LogP contribution in [0.15, 0.2) is 23.0 Å². The zero-order chi connectivity index (χ0) is 19.4. The van der Waals surface area contributed by atoms with Crippen molar-refractivity contribution < 1.29 is 9.53 Å². The minimum Gasteiger partial charge on any atom is -0.497 e. The highest BCUT2D eigenvalue weighted by atomic mass is 32.1. The summed E-state index contributed by atoms with van der Waals surface area (Å²) in [5.41, 5.74) is 3.14.